The van der Waals surface area contributed by atoms with Crippen LogP contribution in [0.15, 0.2) is 27.8 Å². The van der Waals surface area contributed by atoms with Crippen LogP contribution in [0, 0.1) is 11.6 Å². The number of hydrogen-bond acceptors (Lipinski definition) is 3. The van der Waals surface area contributed by atoms with Crippen LogP contribution in [0.5, 0.6) is 0 Å². The first-order chi connectivity index (χ1) is 10.9. The van der Waals surface area contributed by atoms with Crippen LogP contribution in [-0.4, -0.2) is 9.55 Å². The molecular formula is C16H17F2N3O2. The molecule has 0 aliphatic carbocycles. The molecule has 1 aliphatic rings. The zero-order valence-corrected chi connectivity index (χ0v) is 12.8. The number of halogens is 2. The second-order valence-electron chi connectivity index (χ2n) is 5.96. The lowest BCUT2D eigenvalue weighted by Gasteiger charge is -2.27. The number of aromatic nitrogens is 2. The molecule has 2 heterocycles. The van der Waals surface area contributed by atoms with Gasteiger partial charge in [-0.25, -0.2) is 13.6 Å². The van der Waals surface area contributed by atoms with Gasteiger partial charge in [0, 0.05) is 6.04 Å². The summed E-state index contributed by atoms with van der Waals surface area (Å²) in [6.45, 7) is 3.53. The van der Waals surface area contributed by atoms with Gasteiger partial charge in [0.2, 0.25) is 0 Å². The Balaban J connectivity index is 2.00. The Morgan fingerprint density at radius 2 is 1.96 bits per heavy atom. The molecule has 0 spiro atoms. The number of H-pyrrole nitrogens is 1. The Bertz CT molecular complexity index is 871. The van der Waals surface area contributed by atoms with E-state index in [1.165, 1.54) is 10.6 Å². The first-order valence-electron chi connectivity index (χ1n) is 7.47. The molecule has 23 heavy (non-hydrogen) atoms. The molecule has 7 heteroatoms. The van der Waals surface area contributed by atoms with E-state index in [0.29, 0.717) is 29.8 Å². The van der Waals surface area contributed by atoms with Crippen LogP contribution in [0.2, 0.25) is 0 Å². The average Bonchev–Trinajstić information content (AvgIpc) is 2.49. The fourth-order valence-corrected chi connectivity index (χ4v) is 2.93. The van der Waals surface area contributed by atoms with Crippen molar-refractivity contribution >= 4 is 5.82 Å². The van der Waals surface area contributed by atoms with Crippen molar-refractivity contribution in [3.63, 3.8) is 0 Å². The third-order valence-electron chi connectivity index (χ3n) is 4.09. The van der Waals surface area contributed by atoms with Crippen LogP contribution in [0.1, 0.15) is 43.5 Å². The maximum absolute atomic E-state index is 13.4. The zero-order valence-electron chi connectivity index (χ0n) is 12.8. The molecule has 0 bridgehead atoms. The van der Waals surface area contributed by atoms with E-state index in [1.54, 1.807) is 13.8 Å². The highest BCUT2D eigenvalue weighted by molar-refractivity contribution is 5.48. The Kier molecular flexibility index (Phi) is 3.79. The molecule has 0 radical (unpaired) electrons. The van der Waals surface area contributed by atoms with E-state index >= 15 is 0 Å². The molecule has 5 nitrogen and oxygen atoms in total. The minimum absolute atomic E-state index is 0.236. The van der Waals surface area contributed by atoms with Gasteiger partial charge in [0.25, 0.3) is 5.56 Å². The number of nitrogens with one attached hydrogen (secondary N) is 2. The van der Waals surface area contributed by atoms with E-state index in [1.807, 2.05) is 0 Å². The maximum Gasteiger partial charge on any atom is 0.330 e. The molecule has 2 aromatic rings. The third kappa shape index (κ3) is 2.67. The van der Waals surface area contributed by atoms with Crippen LogP contribution >= 0.6 is 0 Å². The Labute approximate surface area is 131 Å². The van der Waals surface area contributed by atoms with Gasteiger partial charge in [0.1, 0.15) is 5.82 Å². The molecule has 0 fully saturated rings. The topological polar surface area (TPSA) is 66.9 Å². The van der Waals surface area contributed by atoms with Crippen LogP contribution in [0.3, 0.4) is 0 Å². The van der Waals surface area contributed by atoms with Crippen molar-refractivity contribution in [3.05, 3.63) is 61.8 Å². The second-order valence-corrected chi connectivity index (χ2v) is 5.96. The van der Waals surface area contributed by atoms with Gasteiger partial charge in [0.05, 0.1) is 11.6 Å². The van der Waals surface area contributed by atoms with Crippen LogP contribution in [-0.2, 0) is 6.42 Å². The van der Waals surface area contributed by atoms with Crippen molar-refractivity contribution in [3.8, 4) is 0 Å². The fourth-order valence-electron chi connectivity index (χ4n) is 2.93. The van der Waals surface area contributed by atoms with Gasteiger partial charge in [-0.3, -0.25) is 14.3 Å². The summed E-state index contributed by atoms with van der Waals surface area (Å²) in [5.41, 5.74) is 0.290. The number of anilines is 1. The molecule has 122 valence electrons. The highest BCUT2D eigenvalue weighted by Crippen LogP contribution is 2.29. The van der Waals surface area contributed by atoms with Crippen molar-refractivity contribution in [2.75, 3.05) is 5.32 Å². The molecule has 0 saturated carbocycles. The summed E-state index contributed by atoms with van der Waals surface area (Å²) < 4.78 is 27.6. The molecule has 1 aliphatic heterocycles. The van der Waals surface area contributed by atoms with Gasteiger partial charge in [0.15, 0.2) is 11.6 Å². The maximum atomic E-state index is 13.4. The van der Waals surface area contributed by atoms with Gasteiger partial charge < -0.3 is 5.32 Å². The first-order valence-corrected chi connectivity index (χ1v) is 7.47. The van der Waals surface area contributed by atoms with Crippen molar-refractivity contribution in [1.29, 1.82) is 0 Å². The molecule has 1 unspecified atom stereocenters. The summed E-state index contributed by atoms with van der Waals surface area (Å²) in [6, 6.07) is 3.17. The lowest BCUT2D eigenvalue weighted by molar-refractivity contribution is 0.503. The highest BCUT2D eigenvalue weighted by atomic mass is 19.2. The molecule has 0 amide bonds. The average molecular weight is 321 g/mol. The highest BCUT2D eigenvalue weighted by Gasteiger charge is 2.25. The van der Waals surface area contributed by atoms with E-state index in [0.717, 1.165) is 12.1 Å². The summed E-state index contributed by atoms with van der Waals surface area (Å²) in [5.74, 6) is -1.46. The summed E-state index contributed by atoms with van der Waals surface area (Å²) in [5, 5.41) is 3.05. The van der Waals surface area contributed by atoms with Gasteiger partial charge >= 0.3 is 5.69 Å². The van der Waals surface area contributed by atoms with Crippen molar-refractivity contribution < 1.29 is 8.78 Å². The predicted octanol–water partition coefficient (Wildman–Crippen LogP) is 2.50. The lowest BCUT2D eigenvalue weighted by Crippen LogP contribution is -2.41. The molecule has 3 rings (SSSR count). The minimum Gasteiger partial charge on any atom is -0.364 e. The number of rotatable bonds is 2. The van der Waals surface area contributed by atoms with E-state index in [-0.39, 0.29) is 17.6 Å². The standard InChI is InChI=1S/C16H17F2N3O2/c1-8(2)21-15(22)10-4-6-13(19-14(10)20-16(21)23)9-3-5-11(17)12(18)7-9/h3,5,7-8,13,19H,4,6H2,1-2H3,(H,20,23). The predicted molar refractivity (Wildman–Crippen MR) is 82.8 cm³/mol. The minimum atomic E-state index is -0.918. The van der Waals surface area contributed by atoms with E-state index in [2.05, 4.69) is 10.3 Å². The lowest BCUT2D eigenvalue weighted by atomic mass is 9.95. The fraction of sp³-hybridized carbons (Fsp3) is 0.375. The Hall–Kier alpha value is -2.44. The first kappa shape index (κ1) is 15.5. The summed E-state index contributed by atoms with van der Waals surface area (Å²) >= 11 is 0. The zero-order chi connectivity index (χ0) is 16.7. The molecule has 1 atom stereocenters. The van der Waals surface area contributed by atoms with Crippen LogP contribution in [0.4, 0.5) is 14.6 Å². The number of fused-ring (bicyclic) bond motifs is 1. The van der Waals surface area contributed by atoms with Crippen molar-refractivity contribution in [2.24, 2.45) is 0 Å². The van der Waals surface area contributed by atoms with E-state index < -0.39 is 17.3 Å². The molecular weight excluding hydrogens is 304 g/mol. The van der Waals surface area contributed by atoms with Crippen LogP contribution < -0.4 is 16.6 Å². The normalized spacial score (nSPS) is 17.0. The monoisotopic (exact) mass is 321 g/mol. The van der Waals surface area contributed by atoms with E-state index in [9.17, 15) is 18.4 Å². The summed E-state index contributed by atoms with van der Waals surface area (Å²) in [7, 11) is 0. The molecule has 2 N–H and O–H groups in total. The van der Waals surface area contributed by atoms with Crippen molar-refractivity contribution in [2.45, 2.75) is 38.8 Å². The Morgan fingerprint density at radius 1 is 1.22 bits per heavy atom. The van der Waals surface area contributed by atoms with Gasteiger partial charge in [-0.1, -0.05) is 6.07 Å². The quantitative estimate of drug-likeness (QED) is 0.893. The second kappa shape index (κ2) is 5.64. The molecule has 1 aromatic heterocycles. The largest absolute Gasteiger partial charge is 0.364 e. The number of aromatic amines is 1. The number of nitrogens with zero attached hydrogens (tertiary/aromatic N) is 1. The SMILES string of the molecule is CC(C)n1c(=O)[nH]c2c(c1=O)CCC(c1ccc(F)c(F)c1)N2. The van der Waals surface area contributed by atoms with Gasteiger partial charge in [-0.15, -0.1) is 0 Å². The molecule has 1 aromatic carbocycles. The summed E-state index contributed by atoms with van der Waals surface area (Å²) in [4.78, 5) is 27.1. The number of benzene rings is 1. The Morgan fingerprint density at radius 3 is 2.61 bits per heavy atom. The van der Waals surface area contributed by atoms with E-state index in [4.69, 9.17) is 0 Å². The van der Waals surface area contributed by atoms with Gasteiger partial charge in [-0.05, 0) is 44.4 Å². The molecule has 0 saturated heterocycles. The third-order valence-corrected chi connectivity index (χ3v) is 4.09. The summed E-state index contributed by atoms with van der Waals surface area (Å²) in [6.07, 6.45) is 1.01. The van der Waals surface area contributed by atoms with Crippen LogP contribution in [0.25, 0.3) is 0 Å². The van der Waals surface area contributed by atoms with Gasteiger partial charge in [-0.2, -0.15) is 0 Å². The number of hydrogen-bond donors (Lipinski definition) is 2. The smallest absolute Gasteiger partial charge is 0.330 e. The van der Waals surface area contributed by atoms with Crippen molar-refractivity contribution in [1.82, 2.24) is 9.55 Å².